The lowest BCUT2D eigenvalue weighted by atomic mass is 10.0. The third kappa shape index (κ3) is 3.46. The molecule has 33 heavy (non-hydrogen) atoms. The zero-order valence-corrected chi connectivity index (χ0v) is 17.9. The summed E-state index contributed by atoms with van der Waals surface area (Å²) in [5, 5.41) is 15.9. The summed E-state index contributed by atoms with van der Waals surface area (Å²) in [4.78, 5) is 28.6. The maximum atomic E-state index is 12.7. The van der Waals surface area contributed by atoms with Gasteiger partial charge in [0.25, 0.3) is 5.91 Å². The number of rotatable bonds is 4. The Balaban J connectivity index is 1.31. The Bertz CT molecular complexity index is 1340. The predicted molar refractivity (Wildman–Crippen MR) is 125 cm³/mol. The van der Waals surface area contributed by atoms with Crippen LogP contribution in [-0.4, -0.2) is 49.6 Å². The highest BCUT2D eigenvalue weighted by Gasteiger charge is 2.28. The lowest BCUT2D eigenvalue weighted by Crippen LogP contribution is -2.35. The largest absolute Gasteiger partial charge is 0.393 e. The van der Waals surface area contributed by atoms with Crippen molar-refractivity contribution in [1.82, 2.24) is 24.7 Å². The lowest BCUT2D eigenvalue weighted by molar-refractivity contribution is 0.0966. The molecular formula is C24H23N7O2. The van der Waals surface area contributed by atoms with Crippen molar-refractivity contribution in [3.8, 4) is 11.3 Å². The molecule has 2 aliphatic rings. The van der Waals surface area contributed by atoms with Crippen molar-refractivity contribution < 1.29 is 9.90 Å². The standard InChI is InChI=1S/C24H23N7O2/c32-16-5-9-30(10-6-16)15-3-4-20(26-12-15)29-19-14-27-22(18-13-28-24(33)21(18)19)17-2-1-8-31-11-7-25-23(17)31/h1-4,7-8,11-12,14,16,32H,5-6,9-10,13H2,(H,26,29)(H,28,33). The fourth-order valence-electron chi connectivity index (χ4n) is 4.61. The Morgan fingerprint density at radius 3 is 2.76 bits per heavy atom. The van der Waals surface area contributed by atoms with Gasteiger partial charge in [-0.25, -0.2) is 9.97 Å². The van der Waals surface area contributed by atoms with E-state index >= 15 is 0 Å². The molecule has 0 atom stereocenters. The number of piperidine rings is 1. The van der Waals surface area contributed by atoms with Gasteiger partial charge in [-0.2, -0.15) is 0 Å². The van der Waals surface area contributed by atoms with Gasteiger partial charge in [0.15, 0.2) is 0 Å². The number of hydrogen-bond donors (Lipinski definition) is 3. The SMILES string of the molecule is O=C1NCc2c(-c3cccn4ccnc34)ncc(Nc3ccc(N4CCC(O)CC4)cn3)c21. The molecule has 4 aromatic heterocycles. The van der Waals surface area contributed by atoms with E-state index in [1.54, 1.807) is 12.4 Å². The van der Waals surface area contributed by atoms with Gasteiger partial charge in [0.05, 0.1) is 41.1 Å². The zero-order valence-electron chi connectivity index (χ0n) is 17.9. The molecule has 9 nitrogen and oxygen atoms in total. The molecule has 9 heteroatoms. The van der Waals surface area contributed by atoms with Crippen LogP contribution >= 0.6 is 0 Å². The minimum Gasteiger partial charge on any atom is -0.393 e. The van der Waals surface area contributed by atoms with Crippen LogP contribution < -0.4 is 15.5 Å². The summed E-state index contributed by atoms with van der Waals surface area (Å²) in [6, 6.07) is 7.83. The van der Waals surface area contributed by atoms with Crippen molar-refractivity contribution in [3.63, 3.8) is 0 Å². The van der Waals surface area contributed by atoms with Gasteiger partial charge in [-0.3, -0.25) is 9.78 Å². The van der Waals surface area contributed by atoms with Crippen molar-refractivity contribution in [3.05, 3.63) is 66.4 Å². The van der Waals surface area contributed by atoms with Crippen molar-refractivity contribution in [2.24, 2.45) is 0 Å². The van der Waals surface area contributed by atoms with Gasteiger partial charge in [0.1, 0.15) is 11.5 Å². The highest BCUT2D eigenvalue weighted by atomic mass is 16.3. The second-order valence-electron chi connectivity index (χ2n) is 8.38. The van der Waals surface area contributed by atoms with Crippen LogP contribution in [0.1, 0.15) is 28.8 Å². The number of aromatic nitrogens is 4. The maximum absolute atomic E-state index is 12.7. The molecule has 1 fully saturated rings. The van der Waals surface area contributed by atoms with E-state index in [1.807, 2.05) is 47.3 Å². The first-order chi connectivity index (χ1) is 16.2. The first-order valence-corrected chi connectivity index (χ1v) is 11.1. The van der Waals surface area contributed by atoms with E-state index in [9.17, 15) is 9.90 Å². The van der Waals surface area contributed by atoms with Gasteiger partial charge >= 0.3 is 0 Å². The molecule has 1 amide bonds. The van der Waals surface area contributed by atoms with Crippen LogP contribution in [0.5, 0.6) is 0 Å². The molecule has 3 N–H and O–H groups in total. The average Bonchev–Trinajstić information content (AvgIpc) is 3.48. The van der Waals surface area contributed by atoms with Crippen LogP contribution in [0.4, 0.5) is 17.2 Å². The fourth-order valence-corrected chi connectivity index (χ4v) is 4.61. The van der Waals surface area contributed by atoms with E-state index in [2.05, 4.69) is 25.5 Å². The van der Waals surface area contributed by atoms with E-state index in [0.29, 0.717) is 23.6 Å². The molecule has 1 saturated heterocycles. The monoisotopic (exact) mass is 441 g/mol. The normalized spacial score (nSPS) is 16.2. The van der Waals surface area contributed by atoms with E-state index in [1.165, 1.54) is 0 Å². The number of aliphatic hydroxyl groups is 1. The Hall–Kier alpha value is -3.98. The third-order valence-corrected chi connectivity index (χ3v) is 6.35. The number of carbonyl (C=O) groups is 1. The number of anilines is 3. The number of aliphatic hydroxyl groups excluding tert-OH is 1. The van der Waals surface area contributed by atoms with Crippen LogP contribution in [0.15, 0.2) is 55.2 Å². The third-order valence-electron chi connectivity index (χ3n) is 6.35. The van der Waals surface area contributed by atoms with Crippen molar-refractivity contribution in [2.75, 3.05) is 23.3 Å². The average molecular weight is 441 g/mol. The molecule has 2 aliphatic heterocycles. The quantitative estimate of drug-likeness (QED) is 0.447. The summed E-state index contributed by atoms with van der Waals surface area (Å²) in [7, 11) is 0. The molecule has 0 aliphatic carbocycles. The smallest absolute Gasteiger partial charge is 0.254 e. The summed E-state index contributed by atoms with van der Waals surface area (Å²) >= 11 is 0. The fraction of sp³-hybridized carbons (Fsp3) is 0.250. The Labute approximate surface area is 190 Å². The number of nitrogens with one attached hydrogen (secondary N) is 2. The number of hydrogen-bond acceptors (Lipinski definition) is 7. The molecular weight excluding hydrogens is 418 g/mol. The van der Waals surface area contributed by atoms with Gasteiger partial charge in [-0.05, 0) is 37.1 Å². The van der Waals surface area contributed by atoms with Crippen molar-refractivity contribution in [2.45, 2.75) is 25.5 Å². The number of fused-ring (bicyclic) bond motifs is 2. The van der Waals surface area contributed by atoms with E-state index in [4.69, 9.17) is 4.98 Å². The van der Waals surface area contributed by atoms with E-state index in [0.717, 1.165) is 54.1 Å². The zero-order chi connectivity index (χ0) is 22.4. The Morgan fingerprint density at radius 1 is 1.06 bits per heavy atom. The highest BCUT2D eigenvalue weighted by Crippen LogP contribution is 2.34. The second kappa shape index (κ2) is 7.86. The van der Waals surface area contributed by atoms with Crippen LogP contribution in [0.2, 0.25) is 0 Å². The minimum atomic E-state index is -0.209. The molecule has 0 saturated carbocycles. The molecule has 6 heterocycles. The molecule has 0 unspecified atom stereocenters. The summed E-state index contributed by atoms with van der Waals surface area (Å²) in [5.74, 6) is 0.512. The molecule has 4 aromatic rings. The summed E-state index contributed by atoms with van der Waals surface area (Å²) in [6.45, 7) is 2.05. The highest BCUT2D eigenvalue weighted by molar-refractivity contribution is 6.05. The summed E-state index contributed by atoms with van der Waals surface area (Å²) in [5.41, 5.74) is 5.53. The number of nitrogens with zero attached hydrogens (tertiary/aromatic N) is 5. The molecule has 0 radical (unpaired) electrons. The van der Waals surface area contributed by atoms with Gasteiger partial charge in [-0.1, -0.05) is 0 Å². The van der Waals surface area contributed by atoms with Gasteiger partial charge in [0, 0.05) is 49.4 Å². The van der Waals surface area contributed by atoms with Crippen LogP contribution in [0, 0.1) is 0 Å². The molecule has 6 rings (SSSR count). The number of amides is 1. The second-order valence-corrected chi connectivity index (χ2v) is 8.38. The van der Waals surface area contributed by atoms with Crippen LogP contribution in [0.3, 0.4) is 0 Å². The predicted octanol–water partition coefficient (Wildman–Crippen LogP) is 2.74. The molecule has 0 aromatic carbocycles. The van der Waals surface area contributed by atoms with E-state index < -0.39 is 0 Å². The number of carbonyl (C=O) groups excluding carboxylic acids is 1. The van der Waals surface area contributed by atoms with Gasteiger partial charge < -0.3 is 25.0 Å². The van der Waals surface area contributed by atoms with E-state index in [-0.39, 0.29) is 12.0 Å². The van der Waals surface area contributed by atoms with Crippen LogP contribution in [-0.2, 0) is 6.54 Å². The molecule has 0 bridgehead atoms. The molecule has 166 valence electrons. The maximum Gasteiger partial charge on any atom is 0.254 e. The summed E-state index contributed by atoms with van der Waals surface area (Å²) < 4.78 is 1.94. The Kier molecular flexibility index (Phi) is 4.69. The summed E-state index contributed by atoms with van der Waals surface area (Å²) in [6.07, 6.45) is 10.4. The number of pyridine rings is 3. The Morgan fingerprint density at radius 2 is 1.94 bits per heavy atom. The molecule has 0 spiro atoms. The number of imidazole rings is 1. The minimum absolute atomic E-state index is 0.130. The first-order valence-electron chi connectivity index (χ1n) is 11.1. The van der Waals surface area contributed by atoms with Crippen LogP contribution in [0.25, 0.3) is 16.9 Å². The lowest BCUT2D eigenvalue weighted by Gasteiger charge is -2.31. The van der Waals surface area contributed by atoms with Crippen molar-refractivity contribution in [1.29, 1.82) is 0 Å². The van der Waals surface area contributed by atoms with Gasteiger partial charge in [-0.15, -0.1) is 0 Å². The topological polar surface area (TPSA) is 108 Å². The van der Waals surface area contributed by atoms with Crippen molar-refractivity contribution >= 4 is 28.7 Å². The first kappa shape index (κ1) is 19.7. The van der Waals surface area contributed by atoms with Gasteiger partial charge in [0.2, 0.25) is 0 Å².